The molecule has 2 aromatic rings. The second kappa shape index (κ2) is 5.18. The molecular formula is C13H18N4O. The van der Waals surface area contributed by atoms with E-state index >= 15 is 0 Å². The Hall–Kier alpha value is -1.88. The Balaban J connectivity index is 2.10. The van der Waals surface area contributed by atoms with Crippen LogP contribution in [0.4, 0.5) is 0 Å². The highest BCUT2D eigenvalue weighted by Crippen LogP contribution is 2.14. The summed E-state index contributed by atoms with van der Waals surface area (Å²) < 4.78 is 1.77. The number of rotatable bonds is 4. The summed E-state index contributed by atoms with van der Waals surface area (Å²) in [7, 11) is 5.83. The lowest BCUT2D eigenvalue weighted by atomic mass is 10.1. The van der Waals surface area contributed by atoms with E-state index in [9.17, 15) is 4.79 Å². The van der Waals surface area contributed by atoms with Gasteiger partial charge < -0.3 is 10.2 Å². The molecule has 0 aliphatic rings. The van der Waals surface area contributed by atoms with Crippen LogP contribution in [0.15, 0.2) is 24.4 Å². The standard InChI is InChI=1S/C13H18N4O/c1-16(2)7-6-14-13(18)10-4-5-11-9-15-17(3)12(11)8-10/h4-5,8-9H,6-7H2,1-3H3,(H,14,18). The molecule has 1 amide bonds. The van der Waals surface area contributed by atoms with E-state index in [1.807, 2.05) is 44.2 Å². The molecule has 1 heterocycles. The van der Waals surface area contributed by atoms with Gasteiger partial charge in [0, 0.05) is 31.1 Å². The average Bonchev–Trinajstić information content (AvgIpc) is 2.70. The van der Waals surface area contributed by atoms with E-state index in [4.69, 9.17) is 0 Å². The number of aromatic nitrogens is 2. The number of hydrogen-bond donors (Lipinski definition) is 1. The first-order valence-corrected chi connectivity index (χ1v) is 5.92. The molecule has 0 radical (unpaired) electrons. The first-order chi connectivity index (χ1) is 8.58. The Morgan fingerprint density at radius 2 is 2.22 bits per heavy atom. The van der Waals surface area contributed by atoms with Crippen molar-refractivity contribution in [3.8, 4) is 0 Å². The molecule has 0 saturated carbocycles. The maximum absolute atomic E-state index is 11.9. The van der Waals surface area contributed by atoms with Gasteiger partial charge in [0.05, 0.1) is 11.7 Å². The quantitative estimate of drug-likeness (QED) is 0.870. The summed E-state index contributed by atoms with van der Waals surface area (Å²) in [4.78, 5) is 14.0. The summed E-state index contributed by atoms with van der Waals surface area (Å²) in [6.45, 7) is 1.48. The molecule has 0 saturated heterocycles. The van der Waals surface area contributed by atoms with Crippen molar-refractivity contribution in [1.29, 1.82) is 0 Å². The largest absolute Gasteiger partial charge is 0.351 e. The fourth-order valence-corrected chi connectivity index (χ4v) is 1.78. The molecule has 96 valence electrons. The molecule has 2 rings (SSSR count). The lowest BCUT2D eigenvalue weighted by Gasteiger charge is -2.10. The van der Waals surface area contributed by atoms with Gasteiger partial charge in [-0.15, -0.1) is 0 Å². The van der Waals surface area contributed by atoms with Crippen LogP contribution in [0.3, 0.4) is 0 Å². The van der Waals surface area contributed by atoms with Crippen LogP contribution in [0, 0.1) is 0 Å². The van der Waals surface area contributed by atoms with Gasteiger partial charge in [-0.3, -0.25) is 9.48 Å². The molecule has 0 unspecified atom stereocenters. The number of carbonyl (C=O) groups excluding carboxylic acids is 1. The van der Waals surface area contributed by atoms with Gasteiger partial charge in [-0.2, -0.15) is 5.10 Å². The van der Waals surface area contributed by atoms with Gasteiger partial charge in [0.2, 0.25) is 0 Å². The van der Waals surface area contributed by atoms with E-state index in [1.165, 1.54) is 0 Å². The Kier molecular flexibility index (Phi) is 3.62. The maximum Gasteiger partial charge on any atom is 0.251 e. The Morgan fingerprint density at radius 1 is 1.44 bits per heavy atom. The van der Waals surface area contributed by atoms with Gasteiger partial charge in [0.25, 0.3) is 5.91 Å². The highest BCUT2D eigenvalue weighted by atomic mass is 16.1. The van der Waals surface area contributed by atoms with Crippen molar-refractivity contribution in [3.63, 3.8) is 0 Å². The molecule has 0 atom stereocenters. The first-order valence-electron chi connectivity index (χ1n) is 5.92. The van der Waals surface area contributed by atoms with E-state index in [0.29, 0.717) is 12.1 Å². The number of hydrogen-bond acceptors (Lipinski definition) is 3. The topological polar surface area (TPSA) is 50.2 Å². The summed E-state index contributed by atoms with van der Waals surface area (Å²) in [5.74, 6) is -0.0417. The van der Waals surface area contributed by atoms with Crippen molar-refractivity contribution < 1.29 is 4.79 Å². The van der Waals surface area contributed by atoms with Gasteiger partial charge in [-0.25, -0.2) is 0 Å². The number of benzene rings is 1. The third-order valence-electron chi connectivity index (χ3n) is 2.86. The van der Waals surface area contributed by atoms with E-state index in [2.05, 4.69) is 10.4 Å². The predicted molar refractivity (Wildman–Crippen MR) is 71.6 cm³/mol. The van der Waals surface area contributed by atoms with E-state index < -0.39 is 0 Å². The number of nitrogens with zero attached hydrogens (tertiary/aromatic N) is 3. The third-order valence-corrected chi connectivity index (χ3v) is 2.86. The number of amides is 1. The van der Waals surface area contributed by atoms with Crippen molar-refractivity contribution in [2.75, 3.05) is 27.2 Å². The number of likely N-dealkylation sites (N-methyl/N-ethyl adjacent to an activating group) is 1. The van der Waals surface area contributed by atoms with E-state index in [0.717, 1.165) is 17.4 Å². The molecule has 18 heavy (non-hydrogen) atoms. The summed E-state index contributed by atoms with van der Waals surface area (Å²) in [6, 6.07) is 5.62. The number of nitrogens with one attached hydrogen (secondary N) is 1. The number of carbonyl (C=O) groups is 1. The highest BCUT2D eigenvalue weighted by Gasteiger charge is 2.07. The van der Waals surface area contributed by atoms with Crippen LogP contribution in [0.2, 0.25) is 0 Å². The molecule has 5 nitrogen and oxygen atoms in total. The molecule has 0 bridgehead atoms. The van der Waals surface area contributed by atoms with Crippen LogP contribution >= 0.6 is 0 Å². The number of aryl methyl sites for hydroxylation is 1. The van der Waals surface area contributed by atoms with Crippen LogP contribution in [-0.2, 0) is 7.05 Å². The second-order valence-electron chi connectivity index (χ2n) is 4.60. The van der Waals surface area contributed by atoms with Gasteiger partial charge in [-0.1, -0.05) is 6.07 Å². The van der Waals surface area contributed by atoms with Crippen molar-refractivity contribution in [2.45, 2.75) is 0 Å². The molecule has 1 aromatic carbocycles. The lowest BCUT2D eigenvalue weighted by molar-refractivity contribution is 0.0951. The van der Waals surface area contributed by atoms with Crippen molar-refractivity contribution >= 4 is 16.8 Å². The summed E-state index contributed by atoms with van der Waals surface area (Å²) in [5.41, 5.74) is 1.64. The smallest absolute Gasteiger partial charge is 0.251 e. The zero-order chi connectivity index (χ0) is 13.1. The van der Waals surface area contributed by atoms with Gasteiger partial charge in [0.1, 0.15) is 0 Å². The van der Waals surface area contributed by atoms with Gasteiger partial charge in [0.15, 0.2) is 0 Å². The SMILES string of the molecule is CN(C)CCNC(=O)c1ccc2cnn(C)c2c1. The zero-order valence-electron chi connectivity index (χ0n) is 11.0. The monoisotopic (exact) mass is 246 g/mol. The van der Waals surface area contributed by atoms with Crippen LogP contribution in [-0.4, -0.2) is 47.8 Å². The van der Waals surface area contributed by atoms with Crippen molar-refractivity contribution in [3.05, 3.63) is 30.0 Å². The summed E-state index contributed by atoms with van der Waals surface area (Å²) in [5, 5.41) is 8.10. The van der Waals surface area contributed by atoms with Crippen LogP contribution in [0.1, 0.15) is 10.4 Å². The van der Waals surface area contributed by atoms with Gasteiger partial charge >= 0.3 is 0 Å². The second-order valence-corrected chi connectivity index (χ2v) is 4.60. The van der Waals surface area contributed by atoms with Crippen LogP contribution in [0.5, 0.6) is 0 Å². The van der Waals surface area contributed by atoms with Crippen LogP contribution in [0.25, 0.3) is 10.9 Å². The minimum atomic E-state index is -0.0417. The molecule has 0 aliphatic carbocycles. The van der Waals surface area contributed by atoms with E-state index in [1.54, 1.807) is 10.9 Å². The normalized spacial score (nSPS) is 11.1. The Bertz CT molecular complexity index is 559. The first kappa shape index (κ1) is 12.6. The molecule has 5 heteroatoms. The lowest BCUT2D eigenvalue weighted by Crippen LogP contribution is -2.31. The molecule has 0 fully saturated rings. The molecule has 0 aliphatic heterocycles. The van der Waals surface area contributed by atoms with Crippen LogP contribution < -0.4 is 5.32 Å². The molecule has 1 N–H and O–H groups in total. The summed E-state index contributed by atoms with van der Waals surface area (Å²) in [6.07, 6.45) is 1.79. The predicted octanol–water partition coefficient (Wildman–Crippen LogP) is 0.865. The fraction of sp³-hybridized carbons (Fsp3) is 0.385. The Morgan fingerprint density at radius 3 is 2.94 bits per heavy atom. The number of fused-ring (bicyclic) bond motifs is 1. The molecular weight excluding hydrogens is 228 g/mol. The minimum Gasteiger partial charge on any atom is -0.351 e. The zero-order valence-corrected chi connectivity index (χ0v) is 11.0. The summed E-state index contributed by atoms with van der Waals surface area (Å²) >= 11 is 0. The van der Waals surface area contributed by atoms with E-state index in [-0.39, 0.29) is 5.91 Å². The fourth-order valence-electron chi connectivity index (χ4n) is 1.78. The minimum absolute atomic E-state index is 0.0417. The highest BCUT2D eigenvalue weighted by molar-refractivity contribution is 5.97. The van der Waals surface area contributed by atoms with Gasteiger partial charge in [-0.05, 0) is 26.2 Å². The van der Waals surface area contributed by atoms with Crippen molar-refractivity contribution in [1.82, 2.24) is 20.0 Å². The Labute approximate surface area is 106 Å². The maximum atomic E-state index is 11.9. The van der Waals surface area contributed by atoms with Crippen molar-refractivity contribution in [2.24, 2.45) is 7.05 Å². The molecule has 1 aromatic heterocycles. The average molecular weight is 246 g/mol. The molecule has 0 spiro atoms. The third kappa shape index (κ3) is 2.68.